The van der Waals surface area contributed by atoms with E-state index in [1.165, 1.54) is 0 Å². The molecule has 182 valence electrons. The Hall–Kier alpha value is -2.38. The van der Waals surface area contributed by atoms with E-state index >= 15 is 0 Å². The van der Waals surface area contributed by atoms with E-state index in [2.05, 4.69) is 40.1 Å². The smallest absolute Gasteiger partial charge is 0.338 e. The molecule has 1 N–H and O–H groups in total. The van der Waals surface area contributed by atoms with E-state index in [0.717, 1.165) is 37.0 Å². The van der Waals surface area contributed by atoms with Gasteiger partial charge < -0.3 is 36.3 Å². The molecule has 0 aliphatic carbocycles. The summed E-state index contributed by atoms with van der Waals surface area (Å²) in [6, 6.07) is 14.0. The summed E-state index contributed by atoms with van der Waals surface area (Å²) in [6.45, 7) is 11.5. The number of halogens is 1. The van der Waals surface area contributed by atoms with Gasteiger partial charge in [-0.2, -0.15) is 0 Å². The van der Waals surface area contributed by atoms with Crippen LogP contribution in [0.15, 0.2) is 48.5 Å². The van der Waals surface area contributed by atoms with Crippen LogP contribution in [0, 0.1) is 0 Å². The Kier molecular flexibility index (Phi) is 12.2. The quantitative estimate of drug-likeness (QED) is 0.344. The number of rotatable bonds is 12. The Morgan fingerprint density at radius 1 is 0.939 bits per heavy atom. The fourth-order valence-corrected chi connectivity index (χ4v) is 3.26. The van der Waals surface area contributed by atoms with E-state index in [9.17, 15) is 9.59 Å². The molecule has 0 aliphatic heterocycles. The topological polar surface area (TPSA) is 64.6 Å². The summed E-state index contributed by atoms with van der Waals surface area (Å²) in [5, 5.41) is 2.88. The molecule has 2 aromatic rings. The zero-order chi connectivity index (χ0) is 23.6. The Morgan fingerprint density at radius 2 is 1.55 bits per heavy atom. The molecule has 0 radical (unpaired) electrons. The minimum Gasteiger partial charge on any atom is -1.00 e. The van der Waals surface area contributed by atoms with E-state index in [0.29, 0.717) is 29.2 Å². The number of hydrogen-bond donors (Lipinski definition) is 1. The van der Waals surface area contributed by atoms with E-state index in [4.69, 9.17) is 9.47 Å². The minimum atomic E-state index is -0.356. The van der Waals surface area contributed by atoms with Gasteiger partial charge in [-0.3, -0.25) is 4.79 Å². The molecular formula is C26H37BrN2O4. The summed E-state index contributed by atoms with van der Waals surface area (Å²) in [7, 11) is 2.15. The maximum Gasteiger partial charge on any atom is 0.338 e. The van der Waals surface area contributed by atoms with Gasteiger partial charge in [0.05, 0.1) is 37.4 Å². The molecule has 1 amide bonds. The number of quaternary nitrogens is 1. The highest BCUT2D eigenvalue weighted by molar-refractivity contribution is 6.06. The Morgan fingerprint density at radius 3 is 2.12 bits per heavy atom. The number of benzene rings is 2. The van der Waals surface area contributed by atoms with Crippen molar-refractivity contribution in [1.29, 1.82) is 0 Å². The van der Waals surface area contributed by atoms with Gasteiger partial charge in [-0.1, -0.05) is 26.0 Å². The van der Waals surface area contributed by atoms with Crippen LogP contribution in [0.25, 0.3) is 0 Å². The number of nitrogens with zero attached hydrogens (tertiary/aromatic N) is 1. The van der Waals surface area contributed by atoms with Crippen molar-refractivity contribution in [3.63, 3.8) is 0 Å². The van der Waals surface area contributed by atoms with Gasteiger partial charge in [0, 0.05) is 5.69 Å². The first-order valence-corrected chi connectivity index (χ1v) is 11.5. The lowest BCUT2D eigenvalue weighted by Gasteiger charge is -2.31. The highest BCUT2D eigenvalue weighted by Gasteiger charge is 2.18. The van der Waals surface area contributed by atoms with E-state index < -0.39 is 0 Å². The Bertz CT molecular complexity index is 878. The van der Waals surface area contributed by atoms with E-state index in [-0.39, 0.29) is 35.0 Å². The van der Waals surface area contributed by atoms with Crippen molar-refractivity contribution in [1.82, 2.24) is 0 Å². The van der Waals surface area contributed by atoms with Gasteiger partial charge in [0.2, 0.25) is 0 Å². The molecule has 0 atom stereocenters. The molecule has 0 saturated carbocycles. The van der Waals surface area contributed by atoms with Crippen molar-refractivity contribution < 1.29 is 40.5 Å². The van der Waals surface area contributed by atoms with Crippen LogP contribution < -0.4 is 27.0 Å². The summed E-state index contributed by atoms with van der Waals surface area (Å²) in [4.78, 5) is 25.2. The molecule has 0 fully saturated rings. The SMILES string of the molecule is CCC(CC)Oc1ccccc1C(=O)Nc1ccc(C(=O)OCC[N+](C)(CC)CC)cc1.[Br-]. The fraction of sp³-hybridized carbons (Fsp3) is 0.462. The Balaban J connectivity index is 0.00000544. The molecule has 0 spiro atoms. The number of esters is 1. The molecule has 0 aliphatic rings. The first-order valence-electron chi connectivity index (χ1n) is 11.5. The van der Waals surface area contributed by atoms with E-state index in [1.54, 1.807) is 30.3 Å². The third kappa shape index (κ3) is 8.48. The number of likely N-dealkylation sites (N-methyl/N-ethyl adjacent to an activating group) is 1. The summed E-state index contributed by atoms with van der Waals surface area (Å²) in [5.74, 6) is -0.0351. The number of para-hydroxylation sites is 1. The number of hydrogen-bond acceptors (Lipinski definition) is 4. The van der Waals surface area contributed by atoms with Crippen molar-refractivity contribution in [2.75, 3.05) is 38.6 Å². The summed E-state index contributed by atoms with van der Waals surface area (Å²) in [6.07, 6.45) is 1.82. The van der Waals surface area contributed by atoms with Crippen LogP contribution in [0.2, 0.25) is 0 Å². The number of nitrogens with one attached hydrogen (secondary N) is 1. The zero-order valence-electron chi connectivity index (χ0n) is 20.4. The van der Waals surface area contributed by atoms with Gasteiger partial charge >= 0.3 is 5.97 Å². The molecule has 0 heterocycles. The van der Waals surface area contributed by atoms with Gasteiger partial charge in [0.15, 0.2) is 0 Å². The second-order valence-electron chi connectivity index (χ2n) is 8.20. The lowest BCUT2D eigenvalue weighted by atomic mass is 10.1. The van der Waals surface area contributed by atoms with Crippen molar-refractivity contribution in [3.8, 4) is 5.75 Å². The predicted octanol–water partition coefficient (Wildman–Crippen LogP) is 2.15. The second kappa shape index (κ2) is 14.0. The van der Waals surface area contributed by atoms with Crippen LogP contribution in [0.4, 0.5) is 5.69 Å². The number of amides is 1. The summed E-state index contributed by atoms with van der Waals surface area (Å²) < 4.78 is 12.3. The van der Waals surface area contributed by atoms with Crippen LogP contribution in [0.3, 0.4) is 0 Å². The summed E-state index contributed by atoms with van der Waals surface area (Å²) in [5.41, 5.74) is 1.55. The fourth-order valence-electron chi connectivity index (χ4n) is 3.26. The van der Waals surface area contributed by atoms with Gasteiger partial charge in [-0.05, 0) is 63.1 Å². The summed E-state index contributed by atoms with van der Waals surface area (Å²) >= 11 is 0. The van der Waals surface area contributed by atoms with Crippen LogP contribution in [0.5, 0.6) is 5.75 Å². The monoisotopic (exact) mass is 520 g/mol. The maximum absolute atomic E-state index is 12.8. The van der Waals surface area contributed by atoms with Gasteiger partial charge in [-0.15, -0.1) is 0 Å². The molecule has 2 aromatic carbocycles. The Labute approximate surface area is 208 Å². The maximum atomic E-state index is 12.8. The third-order valence-corrected chi connectivity index (χ3v) is 6.11. The van der Waals surface area contributed by atoms with Crippen LogP contribution in [-0.2, 0) is 4.74 Å². The van der Waals surface area contributed by atoms with Crippen molar-refractivity contribution >= 4 is 17.6 Å². The lowest BCUT2D eigenvalue weighted by molar-refractivity contribution is -0.906. The molecule has 0 aromatic heterocycles. The molecule has 6 nitrogen and oxygen atoms in total. The first-order chi connectivity index (χ1) is 15.4. The first kappa shape index (κ1) is 28.7. The highest BCUT2D eigenvalue weighted by atomic mass is 79.9. The standard InChI is InChI=1S/C26H36N2O4.BrH/c1-6-22(7-2)32-24-13-11-10-12-23(24)25(29)27-21-16-14-20(15-17-21)26(30)31-19-18-28(5,8-3)9-4;/h10-17,22H,6-9,18-19H2,1-5H3;1H. The average Bonchev–Trinajstić information content (AvgIpc) is 2.82. The molecule has 0 unspecified atom stereocenters. The molecular weight excluding hydrogens is 484 g/mol. The number of anilines is 1. The largest absolute Gasteiger partial charge is 1.00 e. The normalized spacial score (nSPS) is 11.0. The van der Waals surface area contributed by atoms with Crippen LogP contribution in [0.1, 0.15) is 61.3 Å². The van der Waals surface area contributed by atoms with Crippen LogP contribution >= 0.6 is 0 Å². The average molecular weight is 521 g/mol. The molecule has 33 heavy (non-hydrogen) atoms. The molecule has 7 heteroatoms. The predicted molar refractivity (Wildman–Crippen MR) is 128 cm³/mol. The van der Waals surface area contributed by atoms with Gasteiger partial charge in [0.1, 0.15) is 18.9 Å². The number of ether oxygens (including phenoxy) is 2. The molecule has 2 rings (SSSR count). The highest BCUT2D eigenvalue weighted by Crippen LogP contribution is 2.23. The van der Waals surface area contributed by atoms with Gasteiger partial charge in [0.25, 0.3) is 5.91 Å². The zero-order valence-corrected chi connectivity index (χ0v) is 22.0. The van der Waals surface area contributed by atoms with Gasteiger partial charge in [-0.25, -0.2) is 4.79 Å². The minimum absolute atomic E-state index is 0. The number of carbonyl (C=O) groups is 2. The molecule has 0 bridgehead atoms. The molecule has 0 saturated heterocycles. The van der Waals surface area contributed by atoms with Crippen molar-refractivity contribution in [2.24, 2.45) is 0 Å². The second-order valence-corrected chi connectivity index (χ2v) is 8.20. The van der Waals surface area contributed by atoms with Crippen LogP contribution in [-0.4, -0.2) is 55.8 Å². The van der Waals surface area contributed by atoms with E-state index in [1.807, 2.05) is 18.2 Å². The van der Waals surface area contributed by atoms with Crippen molar-refractivity contribution in [3.05, 3.63) is 59.7 Å². The lowest BCUT2D eigenvalue weighted by Crippen LogP contribution is -3.00. The number of carbonyl (C=O) groups excluding carboxylic acids is 2. The third-order valence-electron chi connectivity index (χ3n) is 6.11. The van der Waals surface area contributed by atoms with Crippen molar-refractivity contribution in [2.45, 2.75) is 46.6 Å².